The summed E-state index contributed by atoms with van der Waals surface area (Å²) in [5, 5.41) is 11.8. The Bertz CT molecular complexity index is 893. The van der Waals surface area contributed by atoms with Crippen LogP contribution in [-0.4, -0.2) is 35.5 Å². The zero-order chi connectivity index (χ0) is 16.2. The number of benzene rings is 1. The van der Waals surface area contributed by atoms with E-state index in [1.807, 2.05) is 12.1 Å². The number of hydrogen-bond donors (Lipinski definition) is 1. The molecule has 6 heteroatoms. The highest BCUT2D eigenvalue weighted by Gasteiger charge is 2.34. The SMILES string of the molecule is COc1c2cc3c(cc2nc2occc12)O[C@@H](C(C)(C)O)CO3. The summed E-state index contributed by atoms with van der Waals surface area (Å²) in [7, 11) is 1.61. The van der Waals surface area contributed by atoms with E-state index in [0.29, 0.717) is 28.5 Å². The monoisotopic (exact) mass is 315 g/mol. The molecular formula is C17H17NO5. The van der Waals surface area contributed by atoms with Gasteiger partial charge in [0.05, 0.1) is 29.9 Å². The van der Waals surface area contributed by atoms with Crippen molar-refractivity contribution in [3.05, 3.63) is 24.5 Å². The molecule has 1 aliphatic heterocycles. The molecule has 1 aliphatic rings. The molecule has 0 saturated carbocycles. The Kier molecular flexibility index (Phi) is 2.93. The van der Waals surface area contributed by atoms with Gasteiger partial charge in [-0.05, 0) is 26.0 Å². The van der Waals surface area contributed by atoms with Gasteiger partial charge in [-0.15, -0.1) is 0 Å². The molecule has 120 valence electrons. The maximum atomic E-state index is 10.1. The fourth-order valence-electron chi connectivity index (χ4n) is 2.76. The molecule has 0 radical (unpaired) electrons. The molecule has 1 aromatic carbocycles. The van der Waals surface area contributed by atoms with E-state index in [1.165, 1.54) is 0 Å². The third kappa shape index (κ3) is 2.17. The molecule has 0 bridgehead atoms. The van der Waals surface area contributed by atoms with E-state index in [4.69, 9.17) is 18.6 Å². The minimum absolute atomic E-state index is 0.283. The van der Waals surface area contributed by atoms with Crippen LogP contribution in [0.3, 0.4) is 0 Å². The lowest BCUT2D eigenvalue weighted by Crippen LogP contribution is -2.46. The summed E-state index contributed by atoms with van der Waals surface area (Å²) in [6.07, 6.45) is 1.14. The van der Waals surface area contributed by atoms with Gasteiger partial charge < -0.3 is 23.7 Å². The van der Waals surface area contributed by atoms with E-state index in [1.54, 1.807) is 33.3 Å². The van der Waals surface area contributed by atoms with Crippen molar-refractivity contribution in [2.75, 3.05) is 13.7 Å². The number of fused-ring (bicyclic) bond motifs is 3. The summed E-state index contributed by atoms with van der Waals surface area (Å²) < 4.78 is 22.6. The number of methoxy groups -OCH3 is 1. The summed E-state index contributed by atoms with van der Waals surface area (Å²) in [4.78, 5) is 4.50. The summed E-state index contributed by atoms with van der Waals surface area (Å²) in [6.45, 7) is 3.67. The maximum Gasteiger partial charge on any atom is 0.230 e. The Hall–Kier alpha value is -2.47. The number of aliphatic hydroxyl groups is 1. The average Bonchev–Trinajstić information content (AvgIpc) is 2.97. The molecule has 0 aliphatic carbocycles. The van der Waals surface area contributed by atoms with Gasteiger partial charge in [0.1, 0.15) is 12.4 Å². The van der Waals surface area contributed by atoms with Crippen LogP contribution in [0.25, 0.3) is 22.0 Å². The van der Waals surface area contributed by atoms with Crippen molar-refractivity contribution in [2.24, 2.45) is 0 Å². The van der Waals surface area contributed by atoms with E-state index in [9.17, 15) is 5.11 Å². The van der Waals surface area contributed by atoms with E-state index >= 15 is 0 Å². The molecule has 3 aromatic rings. The molecule has 1 atom stereocenters. The molecule has 4 rings (SSSR count). The van der Waals surface area contributed by atoms with Crippen molar-refractivity contribution in [2.45, 2.75) is 25.6 Å². The lowest BCUT2D eigenvalue weighted by Gasteiger charge is -2.34. The third-order valence-corrected chi connectivity index (χ3v) is 4.07. The molecule has 3 heterocycles. The van der Waals surface area contributed by atoms with Crippen molar-refractivity contribution in [3.63, 3.8) is 0 Å². The standard InChI is InChI=1S/C17H17NO5/c1-17(2,19)14-8-22-12-6-10-11(7-13(12)23-14)18-16-9(4-5-21-16)15(10)20-3/h4-7,14,19H,8H2,1-3H3/t14-/m1/s1. The molecule has 0 fully saturated rings. The second-order valence-electron chi connectivity index (χ2n) is 6.17. The molecule has 6 nitrogen and oxygen atoms in total. The van der Waals surface area contributed by atoms with Gasteiger partial charge >= 0.3 is 0 Å². The smallest absolute Gasteiger partial charge is 0.230 e. The van der Waals surface area contributed by atoms with Crippen LogP contribution in [0.1, 0.15) is 13.8 Å². The molecule has 2 aromatic heterocycles. The van der Waals surface area contributed by atoms with Gasteiger partial charge in [-0.3, -0.25) is 0 Å². The summed E-state index contributed by atoms with van der Waals surface area (Å²) in [6, 6.07) is 5.46. The number of rotatable bonds is 2. The molecule has 0 unspecified atom stereocenters. The number of furan rings is 1. The van der Waals surface area contributed by atoms with Crippen molar-refractivity contribution >= 4 is 22.0 Å². The maximum absolute atomic E-state index is 10.1. The van der Waals surface area contributed by atoms with Crippen molar-refractivity contribution in [3.8, 4) is 17.2 Å². The number of nitrogens with zero attached hydrogens (tertiary/aromatic N) is 1. The van der Waals surface area contributed by atoms with Gasteiger partial charge in [0.15, 0.2) is 17.6 Å². The van der Waals surface area contributed by atoms with Gasteiger partial charge in [-0.25, -0.2) is 4.98 Å². The minimum atomic E-state index is -0.997. The molecule has 0 amide bonds. The van der Waals surface area contributed by atoms with Crippen LogP contribution < -0.4 is 14.2 Å². The normalized spacial score (nSPS) is 17.7. The minimum Gasteiger partial charge on any atom is -0.495 e. The second-order valence-corrected chi connectivity index (χ2v) is 6.17. The van der Waals surface area contributed by atoms with E-state index in [-0.39, 0.29) is 6.61 Å². The first-order valence-corrected chi connectivity index (χ1v) is 7.38. The molecule has 1 N–H and O–H groups in total. The highest BCUT2D eigenvalue weighted by Crippen LogP contribution is 2.42. The highest BCUT2D eigenvalue weighted by atomic mass is 16.6. The van der Waals surface area contributed by atoms with Gasteiger partial charge in [0.25, 0.3) is 0 Å². The summed E-state index contributed by atoms with van der Waals surface area (Å²) in [5.74, 6) is 1.85. The van der Waals surface area contributed by atoms with Crippen LogP contribution in [0.15, 0.2) is 28.9 Å². The van der Waals surface area contributed by atoms with Crippen molar-refractivity contribution in [1.82, 2.24) is 4.98 Å². The topological polar surface area (TPSA) is 74.0 Å². The number of hydrogen-bond acceptors (Lipinski definition) is 6. The third-order valence-electron chi connectivity index (χ3n) is 4.07. The first-order chi connectivity index (χ1) is 11.0. The lowest BCUT2D eigenvalue weighted by atomic mass is 10.0. The predicted octanol–water partition coefficient (Wildman–Crippen LogP) is 2.90. The Labute approximate surface area is 132 Å². The second kappa shape index (κ2) is 4.76. The molecule has 23 heavy (non-hydrogen) atoms. The van der Waals surface area contributed by atoms with Crippen LogP contribution >= 0.6 is 0 Å². The van der Waals surface area contributed by atoms with Crippen LogP contribution in [0.2, 0.25) is 0 Å². The van der Waals surface area contributed by atoms with Gasteiger partial charge in [-0.1, -0.05) is 0 Å². The van der Waals surface area contributed by atoms with Crippen LogP contribution in [0.5, 0.6) is 17.2 Å². The van der Waals surface area contributed by atoms with Crippen LogP contribution in [0, 0.1) is 0 Å². The Morgan fingerprint density at radius 1 is 1.26 bits per heavy atom. The Balaban J connectivity index is 1.90. The van der Waals surface area contributed by atoms with Crippen molar-refractivity contribution in [1.29, 1.82) is 0 Å². The summed E-state index contributed by atoms with van der Waals surface area (Å²) >= 11 is 0. The molecule has 0 saturated heterocycles. The first kappa shape index (κ1) is 14.1. The van der Waals surface area contributed by atoms with E-state index < -0.39 is 11.7 Å². The van der Waals surface area contributed by atoms with Gasteiger partial charge in [0, 0.05) is 11.5 Å². The number of pyridine rings is 1. The highest BCUT2D eigenvalue weighted by molar-refractivity contribution is 6.00. The Morgan fingerprint density at radius 2 is 2.09 bits per heavy atom. The van der Waals surface area contributed by atoms with Crippen LogP contribution in [0.4, 0.5) is 0 Å². The van der Waals surface area contributed by atoms with Gasteiger partial charge in [0.2, 0.25) is 5.71 Å². The first-order valence-electron chi connectivity index (χ1n) is 7.38. The van der Waals surface area contributed by atoms with Gasteiger partial charge in [-0.2, -0.15) is 0 Å². The fourth-order valence-corrected chi connectivity index (χ4v) is 2.76. The number of ether oxygens (including phenoxy) is 3. The Morgan fingerprint density at radius 3 is 2.83 bits per heavy atom. The molecule has 0 spiro atoms. The summed E-state index contributed by atoms with van der Waals surface area (Å²) in [5.41, 5.74) is 0.191. The zero-order valence-corrected chi connectivity index (χ0v) is 13.1. The van der Waals surface area contributed by atoms with E-state index in [0.717, 1.165) is 10.8 Å². The lowest BCUT2D eigenvalue weighted by molar-refractivity contribution is -0.0652. The predicted molar refractivity (Wildman–Crippen MR) is 84.3 cm³/mol. The quantitative estimate of drug-likeness (QED) is 0.784. The van der Waals surface area contributed by atoms with Crippen molar-refractivity contribution < 1.29 is 23.7 Å². The average molecular weight is 315 g/mol. The largest absolute Gasteiger partial charge is 0.495 e. The molecular weight excluding hydrogens is 298 g/mol. The van der Waals surface area contributed by atoms with E-state index in [2.05, 4.69) is 4.98 Å². The van der Waals surface area contributed by atoms with Crippen LogP contribution in [-0.2, 0) is 0 Å². The number of aromatic nitrogens is 1. The fraction of sp³-hybridized carbons (Fsp3) is 0.353. The zero-order valence-electron chi connectivity index (χ0n) is 13.1.